The number of nitrogens with one attached hydrogen (secondary N) is 2. The van der Waals surface area contributed by atoms with Crippen LogP contribution in [0.5, 0.6) is 0 Å². The van der Waals surface area contributed by atoms with Gasteiger partial charge in [-0.3, -0.25) is 9.59 Å². The summed E-state index contributed by atoms with van der Waals surface area (Å²) >= 11 is 1.51. The Balaban J connectivity index is 1.41. The second kappa shape index (κ2) is 6.99. The lowest BCUT2D eigenvalue weighted by Gasteiger charge is -2.22. The molecule has 0 radical (unpaired) electrons. The molecule has 0 spiro atoms. The zero-order chi connectivity index (χ0) is 18.1. The summed E-state index contributed by atoms with van der Waals surface area (Å²) in [5.74, 6) is 0.798. The number of benzene rings is 1. The van der Waals surface area contributed by atoms with E-state index in [1.807, 2.05) is 37.3 Å². The Labute approximate surface area is 156 Å². The van der Waals surface area contributed by atoms with Gasteiger partial charge in [-0.25, -0.2) is 4.98 Å². The van der Waals surface area contributed by atoms with Crippen LogP contribution in [0.2, 0.25) is 0 Å². The van der Waals surface area contributed by atoms with Crippen molar-refractivity contribution >= 4 is 35.1 Å². The Morgan fingerprint density at radius 1 is 1.35 bits per heavy atom. The van der Waals surface area contributed by atoms with E-state index in [-0.39, 0.29) is 23.1 Å². The molecule has 3 heterocycles. The van der Waals surface area contributed by atoms with Gasteiger partial charge < -0.3 is 15.5 Å². The molecule has 2 atom stereocenters. The molecule has 2 N–H and O–H groups in total. The number of amides is 2. The van der Waals surface area contributed by atoms with Gasteiger partial charge in [0.05, 0.1) is 10.9 Å². The minimum atomic E-state index is -0.113. The lowest BCUT2D eigenvalue weighted by molar-refractivity contribution is -0.115. The summed E-state index contributed by atoms with van der Waals surface area (Å²) in [4.78, 5) is 32.0. The van der Waals surface area contributed by atoms with E-state index in [0.29, 0.717) is 11.3 Å². The van der Waals surface area contributed by atoms with Crippen molar-refractivity contribution in [3.63, 3.8) is 0 Å². The molecular formula is C19H20N4O2S. The first-order valence-electron chi connectivity index (χ1n) is 8.68. The third-order valence-electron chi connectivity index (χ3n) is 4.67. The van der Waals surface area contributed by atoms with Crippen LogP contribution in [0.25, 0.3) is 0 Å². The number of nitrogens with zero attached hydrogens (tertiary/aromatic N) is 2. The van der Waals surface area contributed by atoms with Gasteiger partial charge in [0, 0.05) is 35.8 Å². The van der Waals surface area contributed by atoms with Gasteiger partial charge in [0.15, 0.2) is 0 Å². The van der Waals surface area contributed by atoms with E-state index < -0.39 is 0 Å². The van der Waals surface area contributed by atoms with Crippen LogP contribution in [-0.2, 0) is 4.79 Å². The summed E-state index contributed by atoms with van der Waals surface area (Å²) in [5, 5.41) is 5.85. The van der Waals surface area contributed by atoms with E-state index in [9.17, 15) is 9.59 Å². The Kier molecular flexibility index (Phi) is 4.55. The topological polar surface area (TPSA) is 74.3 Å². The average molecular weight is 368 g/mol. The molecule has 2 aromatic rings. The average Bonchev–Trinajstić information content (AvgIpc) is 3.11. The highest BCUT2D eigenvalue weighted by molar-refractivity contribution is 8.00. The Morgan fingerprint density at radius 2 is 2.23 bits per heavy atom. The molecule has 0 bridgehead atoms. The van der Waals surface area contributed by atoms with E-state index >= 15 is 0 Å². The molecule has 134 valence electrons. The number of carbonyl (C=O) groups excluding carboxylic acids is 2. The van der Waals surface area contributed by atoms with Gasteiger partial charge in [-0.05, 0) is 43.7 Å². The molecule has 0 aliphatic carbocycles. The van der Waals surface area contributed by atoms with Crippen LogP contribution in [0.1, 0.15) is 23.7 Å². The Bertz CT molecular complexity index is 843. The van der Waals surface area contributed by atoms with Gasteiger partial charge >= 0.3 is 0 Å². The molecule has 2 aliphatic rings. The highest BCUT2D eigenvalue weighted by Crippen LogP contribution is 2.35. The van der Waals surface area contributed by atoms with E-state index in [1.165, 1.54) is 11.8 Å². The number of hydrogen-bond donors (Lipinski definition) is 2. The smallest absolute Gasteiger partial charge is 0.251 e. The van der Waals surface area contributed by atoms with Gasteiger partial charge in [0.1, 0.15) is 5.82 Å². The summed E-state index contributed by atoms with van der Waals surface area (Å²) in [6.45, 7) is 3.49. The monoisotopic (exact) mass is 368 g/mol. The number of hydrogen-bond acceptors (Lipinski definition) is 5. The summed E-state index contributed by atoms with van der Waals surface area (Å²) in [6, 6.07) is 11.4. The van der Waals surface area contributed by atoms with Crippen LogP contribution < -0.4 is 15.5 Å². The molecule has 1 aromatic heterocycles. The number of anilines is 2. The summed E-state index contributed by atoms with van der Waals surface area (Å²) in [7, 11) is 0. The Hall–Kier alpha value is -2.54. The fraction of sp³-hybridized carbons (Fsp3) is 0.316. The molecular weight excluding hydrogens is 348 g/mol. The number of aromatic nitrogens is 1. The second-order valence-corrected chi connectivity index (χ2v) is 7.94. The number of carbonyl (C=O) groups is 2. The van der Waals surface area contributed by atoms with Gasteiger partial charge in [-0.1, -0.05) is 6.07 Å². The largest absolute Gasteiger partial charge is 0.354 e. The number of pyridine rings is 1. The quantitative estimate of drug-likeness (QED) is 0.871. The van der Waals surface area contributed by atoms with Crippen molar-refractivity contribution in [1.82, 2.24) is 10.3 Å². The zero-order valence-corrected chi connectivity index (χ0v) is 15.3. The van der Waals surface area contributed by atoms with Gasteiger partial charge in [0.2, 0.25) is 5.91 Å². The summed E-state index contributed by atoms with van der Waals surface area (Å²) < 4.78 is 0. The van der Waals surface area contributed by atoms with Crippen LogP contribution in [0.3, 0.4) is 0 Å². The zero-order valence-electron chi connectivity index (χ0n) is 14.4. The van der Waals surface area contributed by atoms with Gasteiger partial charge in [0.25, 0.3) is 5.91 Å². The summed E-state index contributed by atoms with van der Waals surface area (Å²) in [6.07, 6.45) is 2.67. The molecule has 26 heavy (non-hydrogen) atoms. The maximum atomic E-state index is 12.6. The van der Waals surface area contributed by atoms with Crippen molar-refractivity contribution in [2.75, 3.05) is 23.3 Å². The van der Waals surface area contributed by atoms with E-state index in [4.69, 9.17) is 0 Å². The number of thioether (sulfide) groups is 1. The van der Waals surface area contributed by atoms with E-state index in [0.717, 1.165) is 30.2 Å². The van der Waals surface area contributed by atoms with Gasteiger partial charge in [-0.2, -0.15) is 0 Å². The normalized spacial score (nSPS) is 21.9. The molecule has 2 aliphatic heterocycles. The minimum absolute atomic E-state index is 0.0261. The number of rotatable bonds is 3. The molecule has 1 fully saturated rings. The van der Waals surface area contributed by atoms with Crippen LogP contribution in [-0.4, -0.2) is 41.2 Å². The SMILES string of the molecule is CC1Sc2ccc(C(=O)NC3CCN(c4ccccn4)C3)cc2NC1=O. The number of fused-ring (bicyclic) bond motifs is 1. The van der Waals surface area contributed by atoms with Crippen LogP contribution in [0.4, 0.5) is 11.5 Å². The predicted octanol–water partition coefficient (Wildman–Crippen LogP) is 2.52. The molecule has 2 amide bonds. The maximum absolute atomic E-state index is 12.6. The van der Waals surface area contributed by atoms with Crippen LogP contribution in [0, 0.1) is 0 Å². The molecule has 0 saturated carbocycles. The lowest BCUT2D eigenvalue weighted by atomic mass is 10.1. The highest BCUT2D eigenvalue weighted by Gasteiger charge is 2.27. The third-order valence-corrected chi connectivity index (χ3v) is 5.85. The molecule has 2 unspecified atom stereocenters. The fourth-order valence-electron chi connectivity index (χ4n) is 3.25. The second-order valence-electron chi connectivity index (χ2n) is 6.55. The first kappa shape index (κ1) is 16.9. The van der Waals surface area contributed by atoms with Crippen LogP contribution in [0.15, 0.2) is 47.5 Å². The van der Waals surface area contributed by atoms with Crippen molar-refractivity contribution in [2.24, 2.45) is 0 Å². The van der Waals surface area contributed by atoms with E-state index in [2.05, 4.69) is 20.5 Å². The lowest BCUT2D eigenvalue weighted by Crippen LogP contribution is -2.37. The minimum Gasteiger partial charge on any atom is -0.354 e. The van der Waals surface area contributed by atoms with Crippen molar-refractivity contribution in [3.05, 3.63) is 48.2 Å². The van der Waals surface area contributed by atoms with Crippen molar-refractivity contribution < 1.29 is 9.59 Å². The predicted molar refractivity (Wildman–Crippen MR) is 103 cm³/mol. The molecule has 6 nitrogen and oxygen atoms in total. The molecule has 7 heteroatoms. The van der Waals surface area contributed by atoms with Crippen molar-refractivity contribution in [2.45, 2.75) is 29.5 Å². The Morgan fingerprint density at radius 3 is 3.04 bits per heavy atom. The first-order valence-corrected chi connectivity index (χ1v) is 9.56. The molecule has 1 saturated heterocycles. The fourth-order valence-corrected chi connectivity index (χ4v) is 4.18. The van der Waals surface area contributed by atoms with E-state index in [1.54, 1.807) is 12.3 Å². The summed E-state index contributed by atoms with van der Waals surface area (Å²) in [5.41, 5.74) is 1.28. The molecule has 1 aromatic carbocycles. The maximum Gasteiger partial charge on any atom is 0.251 e. The standard InChI is InChI=1S/C19H20N4O2S/c1-12-18(24)22-15-10-13(5-6-16(15)26-12)19(25)21-14-7-9-23(11-14)17-4-2-3-8-20-17/h2-6,8,10,12,14H,7,9,11H2,1H3,(H,21,25)(H,22,24). The third kappa shape index (κ3) is 3.39. The van der Waals surface area contributed by atoms with Crippen molar-refractivity contribution in [1.29, 1.82) is 0 Å². The van der Waals surface area contributed by atoms with Gasteiger partial charge in [-0.15, -0.1) is 11.8 Å². The molecule has 4 rings (SSSR count). The van der Waals surface area contributed by atoms with Crippen molar-refractivity contribution in [3.8, 4) is 0 Å². The van der Waals surface area contributed by atoms with Crippen LogP contribution >= 0.6 is 11.8 Å². The first-order chi connectivity index (χ1) is 12.6. The highest BCUT2D eigenvalue weighted by atomic mass is 32.2.